The number of pyridine rings is 1. The van der Waals surface area contributed by atoms with Gasteiger partial charge in [0, 0.05) is 51.2 Å². The van der Waals surface area contributed by atoms with Gasteiger partial charge in [-0.05, 0) is 30.0 Å². The van der Waals surface area contributed by atoms with Gasteiger partial charge in [-0.25, -0.2) is 9.78 Å². The Morgan fingerprint density at radius 2 is 1.92 bits per heavy atom. The molecule has 1 fully saturated rings. The van der Waals surface area contributed by atoms with E-state index in [1.807, 2.05) is 34.1 Å². The molecule has 2 amide bonds. The maximum atomic E-state index is 12.5. The molecule has 0 aromatic carbocycles. The average molecular weight is 356 g/mol. The number of amides is 2. The van der Waals surface area contributed by atoms with E-state index in [0.717, 1.165) is 25.5 Å². The van der Waals surface area contributed by atoms with E-state index in [1.54, 1.807) is 0 Å². The molecule has 2 aromatic heterocycles. The Hall–Kier alpha value is -2.57. The normalized spacial score (nSPS) is 15.2. The second-order valence-electron chi connectivity index (χ2n) is 8.05. The van der Waals surface area contributed by atoms with Crippen LogP contribution >= 0.6 is 0 Å². The molecule has 1 aliphatic rings. The molecule has 1 saturated heterocycles. The van der Waals surface area contributed by atoms with Gasteiger partial charge in [0.25, 0.3) is 0 Å². The molecule has 1 aliphatic heterocycles. The maximum absolute atomic E-state index is 12.5. The summed E-state index contributed by atoms with van der Waals surface area (Å²) in [5.74, 6) is 1.58. The summed E-state index contributed by atoms with van der Waals surface area (Å²) in [6, 6.07) is 5.82. The van der Waals surface area contributed by atoms with Crippen LogP contribution in [0.5, 0.6) is 0 Å². The van der Waals surface area contributed by atoms with Gasteiger partial charge in [0.2, 0.25) is 0 Å². The fourth-order valence-corrected chi connectivity index (χ4v) is 3.02. The smallest absolute Gasteiger partial charge is 0.323 e. The third-order valence-corrected chi connectivity index (χ3v) is 4.30. The fraction of sp³-hybridized carbons (Fsp3) is 0.526. The Morgan fingerprint density at radius 1 is 1.19 bits per heavy atom. The van der Waals surface area contributed by atoms with Gasteiger partial charge in [-0.15, -0.1) is 0 Å². The first-order valence-corrected chi connectivity index (χ1v) is 9.07. The van der Waals surface area contributed by atoms with E-state index < -0.39 is 0 Å². The van der Waals surface area contributed by atoms with Crippen molar-refractivity contribution in [3.05, 3.63) is 36.2 Å². The molecule has 0 bridgehead atoms. The topological polar surface area (TPSA) is 66.3 Å². The Bertz CT molecular complexity index is 755. The summed E-state index contributed by atoms with van der Waals surface area (Å²) in [6.45, 7) is 12.3. The first kappa shape index (κ1) is 18.2. The summed E-state index contributed by atoms with van der Waals surface area (Å²) >= 11 is 0. The number of nitrogens with zero attached hydrogens (tertiary/aromatic N) is 5. The SMILES string of the molecule is Cc1ccnc(N2CCN(C(=O)Nc3ccn(CC(C)(C)C)n3)CC2)c1. The summed E-state index contributed by atoms with van der Waals surface area (Å²) in [4.78, 5) is 21.0. The average Bonchev–Trinajstić information content (AvgIpc) is 3.00. The lowest BCUT2D eigenvalue weighted by Crippen LogP contribution is -2.50. The number of hydrogen-bond acceptors (Lipinski definition) is 4. The van der Waals surface area contributed by atoms with Crippen LogP contribution in [0.4, 0.5) is 16.4 Å². The van der Waals surface area contributed by atoms with Crippen LogP contribution in [-0.2, 0) is 6.54 Å². The molecular formula is C19H28N6O. The number of rotatable bonds is 3. The van der Waals surface area contributed by atoms with Crippen LogP contribution in [0, 0.1) is 12.3 Å². The summed E-state index contributed by atoms with van der Waals surface area (Å²) in [6.07, 6.45) is 3.74. The Morgan fingerprint density at radius 3 is 2.58 bits per heavy atom. The highest BCUT2D eigenvalue weighted by atomic mass is 16.2. The second-order valence-corrected chi connectivity index (χ2v) is 8.05. The molecule has 140 valence electrons. The molecule has 0 spiro atoms. The third kappa shape index (κ3) is 4.74. The predicted octanol–water partition coefficient (Wildman–Crippen LogP) is 2.99. The summed E-state index contributed by atoms with van der Waals surface area (Å²) < 4.78 is 1.87. The number of piperazine rings is 1. The maximum Gasteiger partial charge on any atom is 0.323 e. The van der Waals surface area contributed by atoms with E-state index >= 15 is 0 Å². The van der Waals surface area contributed by atoms with E-state index in [4.69, 9.17) is 0 Å². The highest BCUT2D eigenvalue weighted by molar-refractivity contribution is 5.88. The largest absolute Gasteiger partial charge is 0.353 e. The number of carbonyl (C=O) groups excluding carboxylic acids is 1. The minimum absolute atomic E-state index is 0.0946. The molecule has 3 heterocycles. The minimum Gasteiger partial charge on any atom is -0.353 e. The molecule has 26 heavy (non-hydrogen) atoms. The Kier molecular flexibility index (Phi) is 5.15. The van der Waals surface area contributed by atoms with Crippen LogP contribution in [-0.4, -0.2) is 51.9 Å². The highest BCUT2D eigenvalue weighted by Crippen LogP contribution is 2.17. The van der Waals surface area contributed by atoms with E-state index in [-0.39, 0.29) is 11.4 Å². The molecule has 7 heteroatoms. The number of hydrogen-bond donors (Lipinski definition) is 1. The van der Waals surface area contributed by atoms with Crippen molar-refractivity contribution in [1.29, 1.82) is 0 Å². The van der Waals surface area contributed by atoms with Gasteiger partial charge in [-0.2, -0.15) is 5.10 Å². The molecule has 0 atom stereocenters. The van der Waals surface area contributed by atoms with Crippen LogP contribution in [0.25, 0.3) is 0 Å². The molecule has 7 nitrogen and oxygen atoms in total. The number of aryl methyl sites for hydroxylation is 1. The third-order valence-electron chi connectivity index (χ3n) is 4.30. The van der Waals surface area contributed by atoms with Crippen molar-refractivity contribution in [2.45, 2.75) is 34.2 Å². The van der Waals surface area contributed by atoms with Crippen molar-refractivity contribution < 1.29 is 4.79 Å². The molecule has 3 rings (SSSR count). The van der Waals surface area contributed by atoms with Crippen LogP contribution in [0.1, 0.15) is 26.3 Å². The van der Waals surface area contributed by atoms with E-state index in [1.165, 1.54) is 5.56 Å². The lowest BCUT2D eigenvalue weighted by Gasteiger charge is -2.35. The zero-order chi connectivity index (χ0) is 18.7. The highest BCUT2D eigenvalue weighted by Gasteiger charge is 2.22. The van der Waals surface area contributed by atoms with Crippen molar-refractivity contribution in [2.75, 3.05) is 36.4 Å². The van der Waals surface area contributed by atoms with Gasteiger partial charge in [0.1, 0.15) is 5.82 Å². The predicted molar refractivity (Wildman–Crippen MR) is 103 cm³/mol. The lowest BCUT2D eigenvalue weighted by molar-refractivity contribution is 0.208. The zero-order valence-electron chi connectivity index (χ0n) is 16.1. The van der Waals surface area contributed by atoms with Gasteiger partial charge >= 0.3 is 6.03 Å². The van der Waals surface area contributed by atoms with Crippen LogP contribution in [0.3, 0.4) is 0 Å². The monoisotopic (exact) mass is 356 g/mol. The number of urea groups is 1. The van der Waals surface area contributed by atoms with Gasteiger partial charge in [0.05, 0.1) is 0 Å². The van der Waals surface area contributed by atoms with Gasteiger partial charge < -0.3 is 9.80 Å². The molecule has 0 radical (unpaired) electrons. The summed E-state index contributed by atoms with van der Waals surface area (Å²) in [5.41, 5.74) is 1.34. The van der Waals surface area contributed by atoms with Crippen molar-refractivity contribution >= 4 is 17.7 Å². The molecule has 0 saturated carbocycles. The van der Waals surface area contributed by atoms with Crippen LogP contribution in [0.15, 0.2) is 30.6 Å². The summed E-state index contributed by atoms with van der Waals surface area (Å²) in [5, 5.41) is 7.34. The number of aromatic nitrogens is 3. The first-order chi connectivity index (χ1) is 12.3. The van der Waals surface area contributed by atoms with Crippen molar-refractivity contribution in [2.24, 2.45) is 5.41 Å². The molecule has 2 aromatic rings. The van der Waals surface area contributed by atoms with Gasteiger partial charge in [0.15, 0.2) is 5.82 Å². The summed E-state index contributed by atoms with van der Waals surface area (Å²) in [7, 11) is 0. The number of nitrogens with one attached hydrogen (secondary N) is 1. The Balaban J connectivity index is 1.52. The van der Waals surface area contributed by atoms with Gasteiger partial charge in [-0.1, -0.05) is 20.8 Å². The minimum atomic E-state index is -0.0946. The zero-order valence-corrected chi connectivity index (χ0v) is 16.1. The quantitative estimate of drug-likeness (QED) is 0.918. The van der Waals surface area contributed by atoms with Crippen LogP contribution in [0.2, 0.25) is 0 Å². The van der Waals surface area contributed by atoms with Gasteiger partial charge in [-0.3, -0.25) is 10.00 Å². The fourth-order valence-electron chi connectivity index (χ4n) is 3.02. The standard InChI is InChI=1S/C19H28N6O/c1-15-5-7-20-17(13-15)23-9-11-24(12-10-23)18(26)21-16-6-8-25(22-16)14-19(2,3)4/h5-8,13H,9-12,14H2,1-4H3,(H,21,22,26). The molecule has 0 aliphatic carbocycles. The lowest BCUT2D eigenvalue weighted by atomic mass is 9.97. The van der Waals surface area contributed by atoms with Crippen LogP contribution < -0.4 is 10.2 Å². The molecule has 0 unspecified atom stereocenters. The van der Waals surface area contributed by atoms with Crippen molar-refractivity contribution in [1.82, 2.24) is 19.7 Å². The van der Waals surface area contributed by atoms with E-state index in [2.05, 4.69) is 54.1 Å². The first-order valence-electron chi connectivity index (χ1n) is 9.07. The van der Waals surface area contributed by atoms with E-state index in [0.29, 0.717) is 18.9 Å². The van der Waals surface area contributed by atoms with Crippen molar-refractivity contribution in [3.8, 4) is 0 Å². The molecule has 1 N–H and O–H groups in total. The molecular weight excluding hydrogens is 328 g/mol. The Labute approximate surface area is 155 Å². The van der Waals surface area contributed by atoms with E-state index in [9.17, 15) is 4.79 Å². The second kappa shape index (κ2) is 7.35. The van der Waals surface area contributed by atoms with Crippen molar-refractivity contribution in [3.63, 3.8) is 0 Å². The number of carbonyl (C=O) groups is 1. The number of anilines is 2.